The van der Waals surface area contributed by atoms with Gasteiger partial charge in [0.2, 0.25) is 5.89 Å². The van der Waals surface area contributed by atoms with Gasteiger partial charge in [0.15, 0.2) is 5.82 Å². The Morgan fingerprint density at radius 1 is 1.24 bits per heavy atom. The molecule has 5 nitrogen and oxygen atoms in total. The van der Waals surface area contributed by atoms with Gasteiger partial charge in [-0.2, -0.15) is 4.98 Å². The molecule has 0 bridgehead atoms. The average Bonchev–Trinajstić information content (AvgIpc) is 3.08. The molecule has 130 valence electrons. The Balaban J connectivity index is 1.44. The fourth-order valence-electron chi connectivity index (χ4n) is 3.67. The van der Waals surface area contributed by atoms with E-state index in [-0.39, 0.29) is 5.92 Å². The molecule has 2 aromatic carbocycles. The molecule has 0 radical (unpaired) electrons. The first-order valence-corrected chi connectivity index (χ1v) is 8.88. The van der Waals surface area contributed by atoms with Crippen molar-refractivity contribution in [1.82, 2.24) is 15.0 Å². The summed E-state index contributed by atoms with van der Waals surface area (Å²) < 4.78 is 5.34. The number of fused-ring (bicyclic) bond motifs is 1. The van der Waals surface area contributed by atoms with Crippen LogP contribution in [0.3, 0.4) is 0 Å². The van der Waals surface area contributed by atoms with E-state index < -0.39 is 6.10 Å². The van der Waals surface area contributed by atoms with E-state index >= 15 is 0 Å². The largest absolute Gasteiger partial charge is 0.387 e. The number of nitrogens with zero attached hydrogens (tertiary/aromatic N) is 3. The number of aliphatic hydroxyl groups is 1. The molecule has 0 amide bonds. The van der Waals surface area contributed by atoms with Crippen molar-refractivity contribution in [2.75, 3.05) is 19.6 Å². The quantitative estimate of drug-likeness (QED) is 0.790. The summed E-state index contributed by atoms with van der Waals surface area (Å²) >= 11 is 0. The predicted octanol–water partition coefficient (Wildman–Crippen LogP) is 3.44. The third-order valence-corrected chi connectivity index (χ3v) is 4.99. The summed E-state index contributed by atoms with van der Waals surface area (Å²) in [5.74, 6) is 1.67. The average molecular weight is 337 g/mol. The van der Waals surface area contributed by atoms with Gasteiger partial charge in [-0.25, -0.2) is 0 Å². The molecule has 1 saturated heterocycles. The summed E-state index contributed by atoms with van der Waals surface area (Å²) in [5.41, 5.74) is 0.967. The number of hydrogen-bond donors (Lipinski definition) is 1. The van der Waals surface area contributed by atoms with Crippen LogP contribution in [-0.4, -0.2) is 39.8 Å². The molecule has 1 fully saturated rings. The summed E-state index contributed by atoms with van der Waals surface area (Å²) in [4.78, 5) is 6.67. The first kappa shape index (κ1) is 16.2. The molecule has 1 aliphatic rings. The third kappa shape index (κ3) is 3.57. The van der Waals surface area contributed by atoms with Crippen LogP contribution in [-0.2, 0) is 0 Å². The molecule has 2 heterocycles. The maximum atomic E-state index is 10.7. The van der Waals surface area contributed by atoms with Gasteiger partial charge >= 0.3 is 0 Å². The molecule has 0 saturated carbocycles. The lowest BCUT2D eigenvalue weighted by molar-refractivity contribution is 0.0911. The minimum absolute atomic E-state index is 0.263. The molecule has 0 spiro atoms. The molecule has 25 heavy (non-hydrogen) atoms. The Morgan fingerprint density at radius 3 is 2.88 bits per heavy atom. The van der Waals surface area contributed by atoms with Crippen LogP contribution in [0.5, 0.6) is 0 Å². The lowest BCUT2D eigenvalue weighted by atomic mass is 9.96. The van der Waals surface area contributed by atoms with Crippen LogP contribution in [0.25, 0.3) is 10.8 Å². The second kappa shape index (κ2) is 6.94. The zero-order valence-corrected chi connectivity index (χ0v) is 14.4. The van der Waals surface area contributed by atoms with Crippen molar-refractivity contribution < 1.29 is 9.63 Å². The van der Waals surface area contributed by atoms with Crippen LogP contribution in [0.15, 0.2) is 47.0 Å². The second-order valence-corrected chi connectivity index (χ2v) is 6.90. The molecule has 1 N–H and O–H groups in total. The molecular weight excluding hydrogens is 314 g/mol. The number of β-amino-alcohol motifs (C(OH)–C–C–N with tert-alkyl or cyclic N) is 1. The van der Waals surface area contributed by atoms with Crippen molar-refractivity contribution in [3.05, 3.63) is 59.7 Å². The predicted molar refractivity (Wildman–Crippen MR) is 96.4 cm³/mol. The zero-order chi connectivity index (χ0) is 17.2. The maximum absolute atomic E-state index is 10.7. The highest BCUT2D eigenvalue weighted by atomic mass is 16.5. The van der Waals surface area contributed by atoms with E-state index in [1.165, 1.54) is 5.39 Å². The van der Waals surface area contributed by atoms with Crippen molar-refractivity contribution in [3.63, 3.8) is 0 Å². The van der Waals surface area contributed by atoms with Crippen molar-refractivity contribution in [1.29, 1.82) is 0 Å². The van der Waals surface area contributed by atoms with Gasteiger partial charge in [0.25, 0.3) is 0 Å². The molecule has 3 aromatic rings. The molecule has 1 aromatic heterocycles. The van der Waals surface area contributed by atoms with E-state index in [0.717, 1.165) is 42.8 Å². The molecule has 4 rings (SSSR count). The highest BCUT2D eigenvalue weighted by Crippen LogP contribution is 2.28. The molecule has 2 atom stereocenters. The Morgan fingerprint density at radius 2 is 2.08 bits per heavy atom. The number of aliphatic hydroxyl groups excluding tert-OH is 1. The van der Waals surface area contributed by atoms with Crippen LogP contribution in [0.2, 0.25) is 0 Å². The van der Waals surface area contributed by atoms with Crippen molar-refractivity contribution >= 4 is 10.8 Å². The van der Waals surface area contributed by atoms with Crippen LogP contribution in [0.1, 0.15) is 42.1 Å². The van der Waals surface area contributed by atoms with Gasteiger partial charge in [0.1, 0.15) is 0 Å². The Kier molecular flexibility index (Phi) is 4.51. The number of piperidine rings is 1. The van der Waals surface area contributed by atoms with E-state index in [1.54, 1.807) is 0 Å². The smallest absolute Gasteiger partial charge is 0.231 e. The topological polar surface area (TPSA) is 62.4 Å². The van der Waals surface area contributed by atoms with Gasteiger partial charge in [-0.3, -0.25) is 4.90 Å². The van der Waals surface area contributed by atoms with E-state index in [1.807, 2.05) is 25.1 Å². The van der Waals surface area contributed by atoms with Gasteiger partial charge in [-0.15, -0.1) is 0 Å². The number of aromatic nitrogens is 2. The van der Waals surface area contributed by atoms with Gasteiger partial charge in [-0.05, 0) is 48.7 Å². The van der Waals surface area contributed by atoms with Gasteiger partial charge < -0.3 is 9.63 Å². The second-order valence-electron chi connectivity index (χ2n) is 6.90. The van der Waals surface area contributed by atoms with Crippen molar-refractivity contribution in [2.45, 2.75) is 31.8 Å². The fraction of sp³-hybridized carbons (Fsp3) is 0.400. The molecule has 5 heteroatoms. The minimum Gasteiger partial charge on any atom is -0.387 e. The number of benzene rings is 2. The Hall–Kier alpha value is -2.24. The number of aryl methyl sites for hydroxylation is 1. The summed E-state index contributed by atoms with van der Waals surface area (Å²) in [6.07, 6.45) is 1.65. The monoisotopic (exact) mass is 337 g/mol. The van der Waals surface area contributed by atoms with Gasteiger partial charge in [-0.1, -0.05) is 41.6 Å². The highest BCUT2D eigenvalue weighted by molar-refractivity contribution is 5.83. The molecule has 0 unspecified atom stereocenters. The highest BCUT2D eigenvalue weighted by Gasteiger charge is 2.27. The first-order chi connectivity index (χ1) is 12.2. The van der Waals surface area contributed by atoms with E-state index in [4.69, 9.17) is 4.52 Å². The lowest BCUT2D eigenvalue weighted by Gasteiger charge is -2.32. The number of rotatable bonds is 4. The molecule has 0 aliphatic carbocycles. The van der Waals surface area contributed by atoms with Crippen LogP contribution in [0, 0.1) is 6.92 Å². The standard InChI is InChI=1S/C20H23N3O2/c1-14-21-20(25-22-14)18-7-4-10-23(12-18)13-19(24)17-9-8-15-5-2-3-6-16(15)11-17/h2-3,5-6,8-9,11,18-19,24H,4,7,10,12-13H2,1H3/t18-,19+/m1/s1. The summed E-state index contributed by atoms with van der Waals surface area (Å²) in [6.45, 7) is 4.32. The summed E-state index contributed by atoms with van der Waals surface area (Å²) in [6, 6.07) is 14.4. The van der Waals surface area contributed by atoms with E-state index in [0.29, 0.717) is 12.4 Å². The first-order valence-electron chi connectivity index (χ1n) is 8.88. The van der Waals surface area contributed by atoms with Crippen molar-refractivity contribution in [2.24, 2.45) is 0 Å². The Bertz CT molecular complexity index is 861. The maximum Gasteiger partial charge on any atom is 0.231 e. The third-order valence-electron chi connectivity index (χ3n) is 4.99. The number of likely N-dealkylation sites (tertiary alicyclic amines) is 1. The van der Waals surface area contributed by atoms with Crippen LogP contribution in [0.4, 0.5) is 0 Å². The number of hydrogen-bond acceptors (Lipinski definition) is 5. The Labute approximate surface area is 147 Å². The fourth-order valence-corrected chi connectivity index (χ4v) is 3.67. The molecule has 1 aliphatic heterocycles. The van der Waals surface area contributed by atoms with E-state index in [2.05, 4.69) is 39.3 Å². The lowest BCUT2D eigenvalue weighted by Crippen LogP contribution is -2.37. The summed E-state index contributed by atoms with van der Waals surface area (Å²) in [7, 11) is 0. The van der Waals surface area contributed by atoms with Gasteiger partial charge in [0.05, 0.1) is 12.0 Å². The van der Waals surface area contributed by atoms with Crippen LogP contribution >= 0.6 is 0 Å². The van der Waals surface area contributed by atoms with Crippen molar-refractivity contribution in [3.8, 4) is 0 Å². The SMILES string of the molecule is Cc1noc([C@@H]2CCCN(C[C@H](O)c3ccc4ccccc4c3)C2)n1. The minimum atomic E-state index is -0.493. The normalized spacial score (nSPS) is 20.0. The summed E-state index contributed by atoms with van der Waals surface area (Å²) in [5, 5.41) is 17.0. The zero-order valence-electron chi connectivity index (χ0n) is 14.4. The molecular formula is C20H23N3O2. The van der Waals surface area contributed by atoms with E-state index in [9.17, 15) is 5.11 Å². The van der Waals surface area contributed by atoms with Crippen LogP contribution < -0.4 is 0 Å². The van der Waals surface area contributed by atoms with Gasteiger partial charge in [0, 0.05) is 13.1 Å².